The van der Waals surface area contributed by atoms with Crippen LogP contribution in [0.5, 0.6) is 0 Å². The number of nitrogens with zero attached hydrogens (tertiary/aromatic N) is 1. The minimum absolute atomic E-state index is 0.0562. The summed E-state index contributed by atoms with van der Waals surface area (Å²) in [5.41, 5.74) is 5.06. The maximum absolute atomic E-state index is 13.3. The van der Waals surface area contributed by atoms with Crippen LogP contribution in [-0.4, -0.2) is 11.5 Å². The van der Waals surface area contributed by atoms with Gasteiger partial charge in [-0.05, 0) is 19.0 Å². The largest absolute Gasteiger partial charge is 0.330 e. The van der Waals surface area contributed by atoms with E-state index in [9.17, 15) is 14.5 Å². The number of hydrogen-bond acceptors (Lipinski definition) is 3. The van der Waals surface area contributed by atoms with Crippen molar-refractivity contribution < 1.29 is 9.31 Å². The summed E-state index contributed by atoms with van der Waals surface area (Å²) in [4.78, 5) is 9.97. The summed E-state index contributed by atoms with van der Waals surface area (Å²) in [6, 6.07) is 2.46. The molecule has 0 aliphatic rings. The molecule has 2 N–H and O–H groups in total. The fraction of sp³-hybridized carbons (Fsp3) is 0.250. The Morgan fingerprint density at radius 2 is 2.21 bits per heavy atom. The molecule has 6 heteroatoms. The quantitative estimate of drug-likeness (QED) is 0.669. The van der Waals surface area contributed by atoms with Crippen LogP contribution in [0.2, 0.25) is 0 Å². The number of nitro groups is 1. The van der Waals surface area contributed by atoms with Gasteiger partial charge in [0.15, 0.2) is 0 Å². The Morgan fingerprint density at radius 3 is 2.71 bits per heavy atom. The van der Waals surface area contributed by atoms with E-state index < -0.39 is 10.7 Å². The van der Waals surface area contributed by atoms with Gasteiger partial charge in [-0.15, -0.1) is 0 Å². The average molecular weight is 263 g/mol. The lowest BCUT2D eigenvalue weighted by Gasteiger charge is -2.03. The SMILES string of the molecule is NCCc1c(F)cc(Br)cc1[N+](=O)[O-]. The van der Waals surface area contributed by atoms with Crippen molar-refractivity contribution in [3.05, 3.63) is 38.1 Å². The van der Waals surface area contributed by atoms with Crippen LogP contribution in [0, 0.1) is 15.9 Å². The van der Waals surface area contributed by atoms with Crippen molar-refractivity contribution in [1.29, 1.82) is 0 Å². The van der Waals surface area contributed by atoms with E-state index in [2.05, 4.69) is 15.9 Å². The summed E-state index contributed by atoms with van der Waals surface area (Å²) in [7, 11) is 0. The van der Waals surface area contributed by atoms with Crippen molar-refractivity contribution in [2.45, 2.75) is 6.42 Å². The van der Waals surface area contributed by atoms with Crippen molar-refractivity contribution in [3.63, 3.8) is 0 Å². The molecule has 0 aliphatic carbocycles. The van der Waals surface area contributed by atoms with E-state index >= 15 is 0 Å². The number of benzene rings is 1. The second-order valence-corrected chi connectivity index (χ2v) is 3.60. The summed E-state index contributed by atoms with van der Waals surface area (Å²) in [5, 5.41) is 10.6. The Hall–Kier alpha value is -1.01. The Kier molecular flexibility index (Phi) is 3.54. The molecule has 1 aromatic rings. The van der Waals surface area contributed by atoms with Crippen LogP contribution in [0.4, 0.5) is 10.1 Å². The molecule has 0 saturated heterocycles. The lowest BCUT2D eigenvalue weighted by Crippen LogP contribution is -2.07. The zero-order valence-corrected chi connectivity index (χ0v) is 8.75. The first-order valence-electron chi connectivity index (χ1n) is 3.88. The first-order valence-corrected chi connectivity index (χ1v) is 4.68. The molecule has 14 heavy (non-hydrogen) atoms. The summed E-state index contributed by atoms with van der Waals surface area (Å²) in [6.45, 7) is 0.180. The summed E-state index contributed by atoms with van der Waals surface area (Å²) >= 11 is 2.99. The minimum atomic E-state index is -0.612. The monoisotopic (exact) mass is 262 g/mol. The number of halogens is 2. The van der Waals surface area contributed by atoms with E-state index in [4.69, 9.17) is 5.73 Å². The molecule has 0 heterocycles. The molecule has 0 fully saturated rings. The topological polar surface area (TPSA) is 69.2 Å². The van der Waals surface area contributed by atoms with E-state index in [1.807, 2.05) is 0 Å². The van der Waals surface area contributed by atoms with Crippen molar-refractivity contribution in [2.75, 3.05) is 6.54 Å². The van der Waals surface area contributed by atoms with Crippen LogP contribution in [-0.2, 0) is 6.42 Å². The minimum Gasteiger partial charge on any atom is -0.330 e. The molecule has 0 atom stereocenters. The Balaban J connectivity index is 3.28. The third kappa shape index (κ3) is 2.27. The molecule has 0 saturated carbocycles. The van der Waals surface area contributed by atoms with E-state index in [1.54, 1.807) is 0 Å². The molecule has 0 aromatic heterocycles. The summed E-state index contributed by atoms with van der Waals surface area (Å²) < 4.78 is 13.6. The molecule has 1 rings (SSSR count). The van der Waals surface area contributed by atoms with E-state index in [-0.39, 0.29) is 24.2 Å². The number of nitro benzene ring substituents is 1. The number of hydrogen-bond donors (Lipinski definition) is 1. The third-order valence-corrected chi connectivity index (χ3v) is 2.19. The van der Waals surface area contributed by atoms with E-state index in [0.29, 0.717) is 4.47 Å². The molecule has 1 aromatic carbocycles. The molecule has 0 bridgehead atoms. The van der Waals surface area contributed by atoms with Gasteiger partial charge in [0.05, 0.1) is 10.5 Å². The zero-order valence-electron chi connectivity index (χ0n) is 7.17. The first-order chi connectivity index (χ1) is 6.56. The van der Waals surface area contributed by atoms with Gasteiger partial charge in [0.2, 0.25) is 0 Å². The van der Waals surface area contributed by atoms with Gasteiger partial charge in [-0.1, -0.05) is 15.9 Å². The molecular weight excluding hydrogens is 255 g/mol. The van der Waals surface area contributed by atoms with Crippen molar-refractivity contribution in [1.82, 2.24) is 0 Å². The van der Waals surface area contributed by atoms with E-state index in [1.165, 1.54) is 12.1 Å². The Labute approximate surface area is 88.2 Å². The van der Waals surface area contributed by atoms with Gasteiger partial charge in [0.25, 0.3) is 5.69 Å². The predicted octanol–water partition coefficient (Wildman–Crippen LogP) is 2.00. The van der Waals surface area contributed by atoms with E-state index in [0.717, 1.165) is 0 Å². The Morgan fingerprint density at radius 1 is 1.57 bits per heavy atom. The molecular formula is C8H8BrFN2O2. The highest BCUT2D eigenvalue weighted by Gasteiger charge is 2.18. The number of rotatable bonds is 3. The highest BCUT2D eigenvalue weighted by Crippen LogP contribution is 2.26. The third-order valence-electron chi connectivity index (χ3n) is 1.73. The highest BCUT2D eigenvalue weighted by molar-refractivity contribution is 9.10. The highest BCUT2D eigenvalue weighted by atomic mass is 79.9. The standard InChI is InChI=1S/C8H8BrFN2O2/c9-5-3-7(10)6(1-2-11)8(4-5)12(13)14/h3-4H,1-2,11H2. The summed E-state index contributed by atoms with van der Waals surface area (Å²) in [6.07, 6.45) is 0.162. The van der Waals surface area contributed by atoms with Crippen molar-refractivity contribution in [2.24, 2.45) is 5.73 Å². The fourth-order valence-electron chi connectivity index (χ4n) is 1.14. The molecule has 76 valence electrons. The maximum Gasteiger partial charge on any atom is 0.276 e. The van der Waals surface area contributed by atoms with Gasteiger partial charge < -0.3 is 5.73 Å². The van der Waals surface area contributed by atoms with Gasteiger partial charge in [-0.3, -0.25) is 10.1 Å². The average Bonchev–Trinajstić information content (AvgIpc) is 2.09. The van der Waals surface area contributed by atoms with Crippen molar-refractivity contribution in [3.8, 4) is 0 Å². The lowest BCUT2D eigenvalue weighted by molar-refractivity contribution is -0.385. The fourth-order valence-corrected chi connectivity index (χ4v) is 1.56. The van der Waals surface area contributed by atoms with Crippen molar-refractivity contribution >= 4 is 21.6 Å². The van der Waals surface area contributed by atoms with Crippen LogP contribution in [0.15, 0.2) is 16.6 Å². The number of nitrogens with two attached hydrogens (primary N) is 1. The Bertz CT molecular complexity index is 371. The predicted molar refractivity (Wildman–Crippen MR) is 53.5 cm³/mol. The second kappa shape index (κ2) is 4.47. The summed E-state index contributed by atoms with van der Waals surface area (Å²) in [5.74, 6) is -0.600. The van der Waals surface area contributed by atoms with Crippen LogP contribution in [0.3, 0.4) is 0 Å². The molecule has 0 spiro atoms. The molecule has 0 amide bonds. The maximum atomic E-state index is 13.3. The van der Waals surface area contributed by atoms with Crippen LogP contribution < -0.4 is 5.73 Å². The smallest absolute Gasteiger partial charge is 0.276 e. The first kappa shape index (κ1) is 11.1. The van der Waals surface area contributed by atoms with Crippen LogP contribution in [0.1, 0.15) is 5.56 Å². The van der Waals surface area contributed by atoms with Gasteiger partial charge in [-0.25, -0.2) is 4.39 Å². The van der Waals surface area contributed by atoms with Gasteiger partial charge in [0.1, 0.15) is 5.82 Å². The van der Waals surface area contributed by atoms with Gasteiger partial charge in [0, 0.05) is 10.5 Å². The van der Waals surface area contributed by atoms with Gasteiger partial charge in [-0.2, -0.15) is 0 Å². The molecule has 0 aliphatic heterocycles. The molecule has 4 nitrogen and oxygen atoms in total. The van der Waals surface area contributed by atoms with Crippen LogP contribution >= 0.6 is 15.9 Å². The van der Waals surface area contributed by atoms with Crippen LogP contribution in [0.25, 0.3) is 0 Å². The lowest BCUT2D eigenvalue weighted by atomic mass is 10.1. The van der Waals surface area contributed by atoms with Gasteiger partial charge >= 0.3 is 0 Å². The molecule has 0 unspecified atom stereocenters. The molecule has 0 radical (unpaired) electrons. The second-order valence-electron chi connectivity index (χ2n) is 2.68. The zero-order chi connectivity index (χ0) is 10.7. The normalized spacial score (nSPS) is 10.2.